The Hall–Kier alpha value is -0.910. The number of hydrogen-bond donors (Lipinski definition) is 1. The molecule has 1 N–H and O–H groups in total. The summed E-state index contributed by atoms with van der Waals surface area (Å²) in [5.74, 6) is 0.260. The Labute approximate surface area is 169 Å². The van der Waals surface area contributed by atoms with Gasteiger partial charge in [0.2, 0.25) is 5.91 Å². The Kier molecular flexibility index (Phi) is 3.87. The first-order chi connectivity index (χ1) is 13.5. The van der Waals surface area contributed by atoms with Crippen molar-refractivity contribution in [2.24, 2.45) is 34.5 Å². The van der Waals surface area contributed by atoms with Crippen LogP contribution in [0.1, 0.15) is 60.7 Å². The number of aliphatic hydroxyl groups is 1. The lowest BCUT2D eigenvalue weighted by Gasteiger charge is -2.60. The molecule has 0 aromatic carbocycles. The summed E-state index contributed by atoms with van der Waals surface area (Å²) < 4.78 is 21.3. The molecule has 0 bridgehead atoms. The van der Waals surface area contributed by atoms with Crippen LogP contribution in [0.2, 0.25) is 0 Å². The Morgan fingerprint density at radius 1 is 1.25 bits per heavy atom. The molecular weight excluding hydrogens is 354 g/mol. The van der Waals surface area contributed by atoms with E-state index in [0.717, 1.165) is 31.4 Å². The summed E-state index contributed by atoms with van der Waals surface area (Å²) in [6, 6.07) is 0. The molecule has 1 amide bonds. The summed E-state index contributed by atoms with van der Waals surface area (Å²) in [7, 11) is 1.85. The smallest absolute Gasteiger partial charge is 0.226 e. The van der Waals surface area contributed by atoms with Crippen molar-refractivity contribution in [1.29, 1.82) is 0 Å². The van der Waals surface area contributed by atoms with Gasteiger partial charge in [0.05, 0.1) is 20.7 Å². The minimum absolute atomic E-state index is 0.144. The zero-order valence-electron chi connectivity index (χ0n) is 18.7. The number of amides is 1. The molecule has 156 valence electrons. The van der Waals surface area contributed by atoms with Crippen molar-refractivity contribution in [3.05, 3.63) is 11.8 Å². The molecule has 5 rings (SSSR count). The summed E-state index contributed by atoms with van der Waals surface area (Å²) in [6.45, 7) is 7.73. The van der Waals surface area contributed by atoms with E-state index in [9.17, 15) is 9.90 Å². The van der Waals surface area contributed by atoms with Gasteiger partial charge in [-0.25, -0.2) is 0 Å². The number of piperidine rings is 1. The zero-order chi connectivity index (χ0) is 20.8. The summed E-state index contributed by atoms with van der Waals surface area (Å²) >= 11 is 0. The SMILES string of the molecule is [2H][C@]1(O)C[C@@]2(C)C(CCC2C2(C)OCCO2)C2CC=C3N(C)C(=O)CC[C@]3(C)C21. The van der Waals surface area contributed by atoms with Gasteiger partial charge in [0.15, 0.2) is 5.79 Å². The second-order valence-corrected chi connectivity index (χ2v) is 10.5. The lowest BCUT2D eigenvalue weighted by molar-refractivity contribution is -0.224. The zero-order valence-corrected chi connectivity index (χ0v) is 17.7. The Bertz CT molecular complexity index is 760. The van der Waals surface area contributed by atoms with E-state index >= 15 is 0 Å². The first kappa shape index (κ1) is 17.9. The number of ether oxygens (including phenoxy) is 2. The molecule has 0 aromatic heterocycles. The van der Waals surface area contributed by atoms with Crippen LogP contribution in [0.4, 0.5) is 0 Å². The number of carbonyl (C=O) groups is 1. The van der Waals surface area contributed by atoms with E-state index in [-0.39, 0.29) is 34.5 Å². The van der Waals surface area contributed by atoms with Gasteiger partial charge in [-0.1, -0.05) is 19.9 Å². The molecule has 3 aliphatic carbocycles. The molecule has 2 saturated carbocycles. The number of allylic oxidation sites excluding steroid dienone is 2. The van der Waals surface area contributed by atoms with Crippen molar-refractivity contribution in [2.45, 2.75) is 71.2 Å². The fourth-order valence-electron chi connectivity index (χ4n) is 8.05. The highest BCUT2D eigenvalue weighted by Crippen LogP contribution is 2.67. The maximum atomic E-state index is 12.3. The normalized spacial score (nSPS) is 53.2. The molecule has 2 heterocycles. The summed E-state index contributed by atoms with van der Waals surface area (Å²) in [4.78, 5) is 14.1. The number of fused-ring (bicyclic) bond motifs is 5. The molecule has 28 heavy (non-hydrogen) atoms. The van der Waals surface area contributed by atoms with Crippen molar-refractivity contribution in [3.8, 4) is 0 Å². The van der Waals surface area contributed by atoms with Crippen LogP contribution in [0.25, 0.3) is 0 Å². The average Bonchev–Trinajstić information content (AvgIpc) is 3.21. The molecule has 5 heteroatoms. The van der Waals surface area contributed by atoms with Crippen molar-refractivity contribution < 1.29 is 20.7 Å². The summed E-state index contributed by atoms with van der Waals surface area (Å²) in [5, 5.41) is 11.6. The van der Waals surface area contributed by atoms with Gasteiger partial charge in [-0.3, -0.25) is 4.79 Å². The number of rotatable bonds is 1. The molecule has 2 saturated heterocycles. The molecule has 7 atom stereocenters. The quantitative estimate of drug-likeness (QED) is 0.746. The molecule has 0 spiro atoms. The van der Waals surface area contributed by atoms with E-state index in [4.69, 9.17) is 10.8 Å². The maximum Gasteiger partial charge on any atom is 0.226 e. The monoisotopic (exact) mass is 390 g/mol. The predicted molar refractivity (Wildman–Crippen MR) is 105 cm³/mol. The highest BCUT2D eigenvalue weighted by molar-refractivity contribution is 5.79. The van der Waals surface area contributed by atoms with Crippen molar-refractivity contribution in [2.75, 3.05) is 20.3 Å². The van der Waals surface area contributed by atoms with Crippen LogP contribution < -0.4 is 0 Å². The van der Waals surface area contributed by atoms with Crippen LogP contribution in [0.15, 0.2) is 11.8 Å². The topological polar surface area (TPSA) is 59.0 Å². The maximum absolute atomic E-state index is 12.3. The van der Waals surface area contributed by atoms with Crippen molar-refractivity contribution in [3.63, 3.8) is 0 Å². The lowest BCUT2D eigenvalue weighted by atomic mass is 9.47. The first-order valence-corrected chi connectivity index (χ1v) is 11.0. The third-order valence-corrected chi connectivity index (χ3v) is 9.22. The van der Waals surface area contributed by atoms with Gasteiger partial charge < -0.3 is 19.5 Å². The fourth-order valence-corrected chi connectivity index (χ4v) is 8.05. The van der Waals surface area contributed by atoms with E-state index in [1.165, 1.54) is 0 Å². The van der Waals surface area contributed by atoms with E-state index < -0.39 is 11.9 Å². The third kappa shape index (κ3) is 2.33. The number of hydrogen-bond acceptors (Lipinski definition) is 4. The Morgan fingerprint density at radius 3 is 2.68 bits per heavy atom. The predicted octanol–water partition coefficient (Wildman–Crippen LogP) is 3.33. The minimum Gasteiger partial charge on any atom is -0.393 e. The number of carbonyl (C=O) groups excluding carboxylic acids is 1. The Morgan fingerprint density at radius 2 is 1.96 bits per heavy atom. The van der Waals surface area contributed by atoms with Crippen LogP contribution >= 0.6 is 0 Å². The minimum atomic E-state index is -1.52. The van der Waals surface area contributed by atoms with Gasteiger partial charge in [0.25, 0.3) is 0 Å². The highest BCUT2D eigenvalue weighted by Gasteiger charge is 2.65. The fraction of sp³-hybridized carbons (Fsp3) is 0.870. The highest BCUT2D eigenvalue weighted by atomic mass is 16.7. The van der Waals surface area contributed by atoms with E-state index in [1.807, 2.05) is 7.05 Å². The second-order valence-electron chi connectivity index (χ2n) is 10.5. The molecule has 4 fully saturated rings. The average molecular weight is 391 g/mol. The van der Waals surface area contributed by atoms with Crippen molar-refractivity contribution >= 4 is 5.91 Å². The second kappa shape index (κ2) is 6.05. The van der Waals surface area contributed by atoms with Gasteiger partial charge in [-0.05, 0) is 62.2 Å². The van der Waals surface area contributed by atoms with E-state index in [1.54, 1.807) is 4.90 Å². The molecule has 5 nitrogen and oxygen atoms in total. The van der Waals surface area contributed by atoms with Gasteiger partial charge >= 0.3 is 0 Å². The molecule has 4 unspecified atom stereocenters. The lowest BCUT2D eigenvalue weighted by Crippen LogP contribution is -2.59. The van der Waals surface area contributed by atoms with Gasteiger partial charge in [-0.2, -0.15) is 0 Å². The van der Waals surface area contributed by atoms with Crippen molar-refractivity contribution in [1.82, 2.24) is 4.90 Å². The molecular formula is C23H35NO4. The first-order valence-electron chi connectivity index (χ1n) is 11.5. The number of likely N-dealkylation sites (tertiary alicyclic amines) is 1. The van der Waals surface area contributed by atoms with Crippen LogP contribution in [0.3, 0.4) is 0 Å². The van der Waals surface area contributed by atoms with Gasteiger partial charge in [0.1, 0.15) is 0 Å². The van der Waals surface area contributed by atoms with E-state index in [2.05, 4.69) is 26.8 Å². The van der Waals surface area contributed by atoms with Crippen LogP contribution in [0, 0.1) is 34.5 Å². The molecule has 2 aliphatic heterocycles. The van der Waals surface area contributed by atoms with E-state index in [0.29, 0.717) is 32.0 Å². The van der Waals surface area contributed by atoms with Gasteiger partial charge in [0, 0.05) is 30.5 Å². The number of nitrogens with zero attached hydrogens (tertiary/aromatic N) is 1. The summed E-state index contributed by atoms with van der Waals surface area (Å²) in [5.41, 5.74) is 0.508. The molecule has 0 aromatic rings. The standard InChI is InChI=1S/C23H35NO4/c1-21-10-9-19(26)24(4)18(21)8-5-14-15-6-7-17(23(3)27-11-12-28-23)22(15,2)13-16(25)20(14)21/h8,14-17,20,25H,5-7,9-13H2,1-4H3/t14?,15?,16-,17?,20?,21-,22-/m0/s1/i16D. The van der Waals surface area contributed by atoms with Crippen LogP contribution in [-0.4, -0.2) is 48.0 Å². The molecule has 5 aliphatic rings. The third-order valence-electron chi connectivity index (χ3n) is 9.22. The largest absolute Gasteiger partial charge is 0.393 e. The summed E-state index contributed by atoms with van der Waals surface area (Å²) in [6.07, 6.45) is 5.31. The van der Waals surface area contributed by atoms with Crippen LogP contribution in [0.5, 0.6) is 0 Å². The molecule has 0 radical (unpaired) electrons. The Balaban J connectivity index is 1.56. The van der Waals surface area contributed by atoms with Gasteiger partial charge in [-0.15, -0.1) is 0 Å². The van der Waals surface area contributed by atoms with Crippen LogP contribution in [-0.2, 0) is 14.3 Å².